The second kappa shape index (κ2) is 5.54. The highest BCUT2D eigenvalue weighted by Crippen LogP contribution is 2.27. The molecule has 0 radical (unpaired) electrons. The highest BCUT2D eigenvalue weighted by molar-refractivity contribution is 5.74. The van der Waals surface area contributed by atoms with Gasteiger partial charge in [0.05, 0.1) is 5.92 Å². The van der Waals surface area contributed by atoms with Crippen LogP contribution in [0.5, 0.6) is 0 Å². The molecule has 0 saturated heterocycles. The van der Waals surface area contributed by atoms with Gasteiger partial charge in [-0.2, -0.15) is 0 Å². The predicted molar refractivity (Wildman–Crippen MR) is 63.0 cm³/mol. The number of alkyl carbamates (subject to hydrolysis) is 1. The topological polar surface area (TPSA) is 75.6 Å². The molecule has 1 aliphatic rings. The molecule has 0 aromatic carbocycles. The minimum absolute atomic E-state index is 0.0597. The molecular weight excluding hydrogens is 241 g/mol. The average molecular weight is 261 g/mol. The van der Waals surface area contributed by atoms with Crippen molar-refractivity contribution in [2.24, 2.45) is 5.92 Å². The summed E-state index contributed by atoms with van der Waals surface area (Å²) in [4.78, 5) is 22.6. The molecule has 104 valence electrons. The van der Waals surface area contributed by atoms with Crippen LogP contribution in [0.4, 0.5) is 9.18 Å². The number of aliphatic carboxylic acids is 1. The zero-order valence-corrected chi connectivity index (χ0v) is 10.9. The molecule has 18 heavy (non-hydrogen) atoms. The molecule has 0 bridgehead atoms. The van der Waals surface area contributed by atoms with Gasteiger partial charge in [-0.25, -0.2) is 9.18 Å². The van der Waals surface area contributed by atoms with Gasteiger partial charge in [-0.05, 0) is 40.0 Å². The van der Waals surface area contributed by atoms with Crippen LogP contribution in [0.1, 0.15) is 40.0 Å². The molecule has 1 saturated carbocycles. The van der Waals surface area contributed by atoms with E-state index in [9.17, 15) is 14.0 Å². The normalized spacial score (nSPS) is 28.6. The van der Waals surface area contributed by atoms with Gasteiger partial charge in [0.2, 0.25) is 0 Å². The molecule has 0 heterocycles. The number of rotatable bonds is 2. The lowest BCUT2D eigenvalue weighted by atomic mass is 9.83. The summed E-state index contributed by atoms with van der Waals surface area (Å²) >= 11 is 0. The smallest absolute Gasteiger partial charge is 0.407 e. The Bertz CT molecular complexity index is 327. The second-order valence-electron chi connectivity index (χ2n) is 5.61. The summed E-state index contributed by atoms with van der Waals surface area (Å²) in [6, 6.07) is -0.565. The molecule has 0 spiro atoms. The summed E-state index contributed by atoms with van der Waals surface area (Å²) in [7, 11) is 0. The maximum absolute atomic E-state index is 13.2. The summed E-state index contributed by atoms with van der Waals surface area (Å²) in [6.07, 6.45) is -1.24. The van der Waals surface area contributed by atoms with Gasteiger partial charge in [0.15, 0.2) is 0 Å². The first-order chi connectivity index (χ1) is 8.19. The zero-order valence-electron chi connectivity index (χ0n) is 10.9. The van der Waals surface area contributed by atoms with Gasteiger partial charge in [-0.3, -0.25) is 4.79 Å². The number of carboxylic acids is 1. The summed E-state index contributed by atoms with van der Waals surface area (Å²) in [5, 5.41) is 11.5. The quantitative estimate of drug-likeness (QED) is 0.798. The van der Waals surface area contributed by atoms with E-state index in [1.54, 1.807) is 20.8 Å². The summed E-state index contributed by atoms with van der Waals surface area (Å²) in [5.74, 6) is -1.97. The van der Waals surface area contributed by atoms with Crippen molar-refractivity contribution in [2.45, 2.75) is 57.8 Å². The van der Waals surface area contributed by atoms with E-state index < -0.39 is 35.8 Å². The number of carbonyl (C=O) groups excluding carboxylic acids is 1. The minimum atomic E-state index is -1.11. The van der Waals surface area contributed by atoms with Gasteiger partial charge in [-0.15, -0.1) is 0 Å². The van der Waals surface area contributed by atoms with Crippen molar-refractivity contribution < 1.29 is 23.8 Å². The molecule has 2 N–H and O–H groups in total. The Morgan fingerprint density at radius 3 is 2.44 bits per heavy atom. The Morgan fingerprint density at radius 2 is 1.94 bits per heavy atom. The number of ether oxygens (including phenoxy) is 1. The summed E-state index contributed by atoms with van der Waals surface area (Å²) in [6.45, 7) is 5.17. The molecule has 3 atom stereocenters. The fraction of sp³-hybridized carbons (Fsp3) is 0.833. The first kappa shape index (κ1) is 14.7. The van der Waals surface area contributed by atoms with E-state index in [2.05, 4.69) is 5.32 Å². The molecule has 0 aliphatic heterocycles. The zero-order chi connectivity index (χ0) is 13.9. The number of nitrogens with one attached hydrogen (secondary N) is 1. The lowest BCUT2D eigenvalue weighted by Crippen LogP contribution is -2.48. The minimum Gasteiger partial charge on any atom is -0.481 e. The first-order valence-corrected chi connectivity index (χ1v) is 6.05. The van der Waals surface area contributed by atoms with Gasteiger partial charge in [0.25, 0.3) is 0 Å². The molecule has 1 fully saturated rings. The van der Waals surface area contributed by atoms with Gasteiger partial charge in [-0.1, -0.05) is 0 Å². The fourth-order valence-electron chi connectivity index (χ4n) is 2.02. The summed E-state index contributed by atoms with van der Waals surface area (Å²) in [5.41, 5.74) is -0.639. The highest BCUT2D eigenvalue weighted by Gasteiger charge is 2.37. The number of alkyl halides is 1. The first-order valence-electron chi connectivity index (χ1n) is 6.05. The Balaban J connectivity index is 2.59. The number of halogens is 1. The van der Waals surface area contributed by atoms with E-state index >= 15 is 0 Å². The van der Waals surface area contributed by atoms with Crippen LogP contribution in [0, 0.1) is 5.92 Å². The highest BCUT2D eigenvalue weighted by atomic mass is 19.1. The molecule has 1 rings (SSSR count). The SMILES string of the molecule is CC(C)(C)OC(=O)N[C@H]1CC[C@H](F)C[C@@H]1C(=O)O. The third kappa shape index (κ3) is 4.50. The molecule has 6 heteroatoms. The van der Waals surface area contributed by atoms with Gasteiger partial charge in [0, 0.05) is 6.04 Å². The van der Waals surface area contributed by atoms with Crippen molar-refractivity contribution in [1.29, 1.82) is 0 Å². The number of carbonyl (C=O) groups is 2. The van der Waals surface area contributed by atoms with E-state index in [0.29, 0.717) is 6.42 Å². The van der Waals surface area contributed by atoms with Crippen molar-refractivity contribution in [3.8, 4) is 0 Å². The third-order valence-electron chi connectivity index (χ3n) is 2.81. The summed E-state index contributed by atoms with van der Waals surface area (Å²) < 4.78 is 18.2. The van der Waals surface area contributed by atoms with Crippen molar-refractivity contribution in [3.05, 3.63) is 0 Å². The van der Waals surface area contributed by atoms with Crippen LogP contribution in [-0.2, 0) is 9.53 Å². The second-order valence-corrected chi connectivity index (χ2v) is 5.61. The van der Waals surface area contributed by atoms with Crippen LogP contribution in [0.25, 0.3) is 0 Å². The molecule has 0 aromatic heterocycles. The van der Waals surface area contributed by atoms with Crippen molar-refractivity contribution in [2.75, 3.05) is 0 Å². The van der Waals surface area contributed by atoms with Crippen molar-refractivity contribution in [1.82, 2.24) is 5.32 Å². The van der Waals surface area contributed by atoms with Crippen molar-refractivity contribution >= 4 is 12.1 Å². The average Bonchev–Trinajstić information content (AvgIpc) is 2.17. The van der Waals surface area contributed by atoms with Gasteiger partial charge < -0.3 is 15.2 Å². The molecule has 0 aromatic rings. The Labute approximate surface area is 106 Å². The van der Waals surface area contributed by atoms with E-state index in [4.69, 9.17) is 9.84 Å². The van der Waals surface area contributed by atoms with Crippen LogP contribution < -0.4 is 5.32 Å². The molecular formula is C12H20FNO4. The van der Waals surface area contributed by atoms with Crippen LogP contribution in [0.2, 0.25) is 0 Å². The van der Waals surface area contributed by atoms with Gasteiger partial charge >= 0.3 is 12.1 Å². The van der Waals surface area contributed by atoms with Crippen LogP contribution in [-0.4, -0.2) is 35.0 Å². The number of hydrogen-bond acceptors (Lipinski definition) is 3. The molecule has 0 unspecified atom stereocenters. The Hall–Kier alpha value is -1.33. The van der Waals surface area contributed by atoms with Crippen LogP contribution in [0.3, 0.4) is 0 Å². The van der Waals surface area contributed by atoms with Crippen molar-refractivity contribution in [3.63, 3.8) is 0 Å². The Morgan fingerprint density at radius 1 is 1.33 bits per heavy atom. The molecule has 1 aliphatic carbocycles. The maximum Gasteiger partial charge on any atom is 0.407 e. The fourth-order valence-corrected chi connectivity index (χ4v) is 2.02. The standard InChI is InChI=1S/C12H20FNO4/c1-12(2,3)18-11(17)14-9-5-4-7(13)6-8(9)10(15)16/h7-9H,4-6H2,1-3H3,(H,14,17)(H,15,16)/t7-,8-,9-/m0/s1. The van der Waals surface area contributed by atoms with E-state index in [1.165, 1.54) is 0 Å². The largest absolute Gasteiger partial charge is 0.481 e. The third-order valence-corrected chi connectivity index (χ3v) is 2.81. The van der Waals surface area contributed by atoms with E-state index in [0.717, 1.165) is 0 Å². The monoisotopic (exact) mass is 261 g/mol. The Kier molecular flexibility index (Phi) is 4.53. The predicted octanol–water partition coefficient (Wildman–Crippen LogP) is 2.10. The maximum atomic E-state index is 13.2. The lowest BCUT2D eigenvalue weighted by molar-refractivity contribution is -0.144. The van der Waals surface area contributed by atoms with Crippen LogP contribution >= 0.6 is 0 Å². The van der Waals surface area contributed by atoms with E-state index in [1.807, 2.05) is 0 Å². The van der Waals surface area contributed by atoms with E-state index in [-0.39, 0.29) is 12.8 Å². The number of hydrogen-bond donors (Lipinski definition) is 2. The number of carboxylic acid groups (broad SMARTS) is 1. The molecule has 1 amide bonds. The number of amides is 1. The van der Waals surface area contributed by atoms with Crippen LogP contribution in [0.15, 0.2) is 0 Å². The molecule has 5 nitrogen and oxygen atoms in total. The van der Waals surface area contributed by atoms with Gasteiger partial charge in [0.1, 0.15) is 11.8 Å². The lowest BCUT2D eigenvalue weighted by Gasteiger charge is -2.31.